The van der Waals surface area contributed by atoms with E-state index in [1.807, 2.05) is 0 Å². The van der Waals surface area contributed by atoms with Crippen molar-refractivity contribution in [1.82, 2.24) is 0 Å². The number of hydrogen-bond acceptors (Lipinski definition) is 0. The summed E-state index contributed by atoms with van der Waals surface area (Å²) in [6, 6.07) is 0. The van der Waals surface area contributed by atoms with Crippen LogP contribution in [0.4, 0.5) is 0 Å². The molecule has 0 aliphatic heterocycles. The summed E-state index contributed by atoms with van der Waals surface area (Å²) in [5.41, 5.74) is 0. The summed E-state index contributed by atoms with van der Waals surface area (Å²) >= 11 is 0. The first kappa shape index (κ1) is 47.0. The fourth-order valence-electron chi connectivity index (χ4n) is 0. The minimum Gasteiger partial charge on any atom is 0.316 e. The van der Waals surface area contributed by atoms with Crippen LogP contribution in [0.1, 0.15) is 0 Å². The van der Waals surface area contributed by atoms with E-state index >= 15 is 0 Å². The third-order valence-electron chi connectivity index (χ3n) is 0. The van der Waals surface area contributed by atoms with E-state index in [-0.39, 0.29) is 147 Å². The van der Waals surface area contributed by atoms with E-state index in [2.05, 4.69) is 0 Å². The second-order valence-corrected chi connectivity index (χ2v) is 0. The molecule has 0 unspecified atom stereocenters. The van der Waals surface area contributed by atoms with Crippen LogP contribution in [0, 0.1) is 0 Å². The molecular formula is H12Ca3MgO2. The summed E-state index contributed by atoms with van der Waals surface area (Å²) in [4.78, 5) is 0. The molecule has 0 fully saturated rings. The molecule has 0 amide bonds. The van der Waals surface area contributed by atoms with Gasteiger partial charge < -0.3 is 11.0 Å². The first-order valence-electron chi connectivity index (χ1n) is 0. The predicted octanol–water partition coefficient (Wildman–Crippen LogP) is -5.31. The van der Waals surface area contributed by atoms with Crippen LogP contribution < -0.4 is 0 Å². The normalized spacial score (nSPS) is 0. The fourth-order valence-corrected chi connectivity index (χ4v) is 0. The van der Waals surface area contributed by atoms with Crippen LogP contribution >= 0.6 is 0 Å². The molecule has 0 aromatic heterocycles. The summed E-state index contributed by atoms with van der Waals surface area (Å²) in [6.07, 6.45) is 0. The molecule has 0 aliphatic carbocycles. The third-order valence-corrected chi connectivity index (χ3v) is 0. The Balaban J connectivity index is 0. The van der Waals surface area contributed by atoms with E-state index < -0.39 is 0 Å². The molecule has 32 valence electrons. The van der Waals surface area contributed by atoms with Crippen molar-refractivity contribution in [3.05, 3.63) is 0 Å². The standard InChI is InChI=1S/3Ca.Mg.2H2O.8H/h;;;;2*1H2;;;;;;;;. The smallest absolute Gasteiger partial charge is 0.316 e. The van der Waals surface area contributed by atoms with Crippen molar-refractivity contribution in [2.45, 2.75) is 0 Å². The summed E-state index contributed by atoms with van der Waals surface area (Å²) in [6.45, 7) is 0. The quantitative estimate of drug-likeness (QED) is 0.341. The first-order valence-corrected chi connectivity index (χ1v) is 0. The van der Waals surface area contributed by atoms with Gasteiger partial charge in [0, 0.05) is 0 Å². The van der Waals surface area contributed by atoms with Crippen LogP contribution in [0.15, 0.2) is 0 Å². The van der Waals surface area contributed by atoms with Gasteiger partial charge in [0.1, 0.15) is 0 Å². The second kappa shape index (κ2) is 34.0. The fraction of sp³-hybridized carbons (Fsp3) is 0. The molecule has 2 nitrogen and oxygen atoms in total. The predicted molar refractivity (Wildman–Crippen MR) is 41.4 cm³/mol. The van der Waals surface area contributed by atoms with E-state index in [9.17, 15) is 0 Å². The molecule has 4 N–H and O–H groups in total. The molecule has 0 rings (SSSR count). The molecule has 0 heterocycles. The van der Waals surface area contributed by atoms with Gasteiger partial charge in [0.15, 0.2) is 0 Å². The molecule has 0 bridgehead atoms. The molecule has 0 aliphatic rings. The van der Waals surface area contributed by atoms with Crippen molar-refractivity contribution in [3.63, 3.8) is 0 Å². The van der Waals surface area contributed by atoms with Crippen molar-refractivity contribution in [1.29, 1.82) is 0 Å². The van der Waals surface area contributed by atoms with Crippen LogP contribution in [-0.4, -0.2) is 147 Å². The van der Waals surface area contributed by atoms with Crippen LogP contribution in [0.5, 0.6) is 0 Å². The molecule has 0 saturated heterocycles. The van der Waals surface area contributed by atoms with Crippen molar-refractivity contribution in [2.75, 3.05) is 0 Å². The van der Waals surface area contributed by atoms with Gasteiger partial charge in [-0.05, 0) is 0 Å². The van der Waals surface area contributed by atoms with Crippen LogP contribution in [0.2, 0.25) is 0 Å². The van der Waals surface area contributed by atoms with E-state index in [1.54, 1.807) is 0 Å². The minimum absolute atomic E-state index is 0. The average molecular weight is 189 g/mol. The van der Waals surface area contributed by atoms with Gasteiger partial charge in [-0.3, -0.25) is 0 Å². The molecule has 0 spiro atoms. The summed E-state index contributed by atoms with van der Waals surface area (Å²) < 4.78 is 0. The van der Waals surface area contributed by atoms with Gasteiger partial charge in [-0.1, -0.05) is 0 Å². The molecule has 6 heteroatoms. The molecule has 6 heavy (non-hydrogen) atoms. The monoisotopic (exact) mass is 188 g/mol. The van der Waals surface area contributed by atoms with E-state index in [0.29, 0.717) is 0 Å². The first-order chi connectivity index (χ1) is 0. The number of hydrogen-bond donors (Lipinski definition) is 0. The topological polar surface area (TPSA) is 63.0 Å². The maximum atomic E-state index is 0. The number of rotatable bonds is 0. The van der Waals surface area contributed by atoms with Crippen molar-refractivity contribution in [2.24, 2.45) is 0 Å². The molecule has 0 atom stereocenters. The van der Waals surface area contributed by atoms with Gasteiger partial charge in [-0.2, -0.15) is 0 Å². The summed E-state index contributed by atoms with van der Waals surface area (Å²) in [5, 5.41) is 0. The van der Waals surface area contributed by atoms with Crippen LogP contribution in [-0.2, 0) is 0 Å². The molecule has 0 aromatic rings. The van der Waals surface area contributed by atoms with E-state index in [0.717, 1.165) is 0 Å². The van der Waals surface area contributed by atoms with E-state index in [4.69, 9.17) is 0 Å². The maximum absolute atomic E-state index is 0. The Hall–Kier alpha value is 4.47. The SMILES string of the molecule is O.O.[CaH2].[CaH2].[CaH2].[MgH2]. The average Bonchev–Trinajstić information content (AvgIpc) is 0. The van der Waals surface area contributed by atoms with Crippen molar-refractivity contribution >= 4 is 136 Å². The zero-order chi connectivity index (χ0) is 0. The van der Waals surface area contributed by atoms with E-state index in [1.165, 1.54) is 0 Å². The van der Waals surface area contributed by atoms with Crippen molar-refractivity contribution in [3.8, 4) is 0 Å². The molecular weight excluding hydrogens is 177 g/mol. The Morgan fingerprint density at radius 2 is 0.500 bits per heavy atom. The minimum atomic E-state index is 0. The van der Waals surface area contributed by atoms with Gasteiger partial charge in [0.05, 0.1) is 0 Å². The summed E-state index contributed by atoms with van der Waals surface area (Å²) in [7, 11) is 0. The van der Waals surface area contributed by atoms with Crippen molar-refractivity contribution < 1.29 is 11.0 Å². The van der Waals surface area contributed by atoms with Crippen LogP contribution in [0.3, 0.4) is 0 Å². The maximum Gasteiger partial charge on any atom is 0.316 e. The van der Waals surface area contributed by atoms with Crippen LogP contribution in [0.25, 0.3) is 0 Å². The van der Waals surface area contributed by atoms with Gasteiger partial charge in [0.2, 0.25) is 0 Å². The Morgan fingerprint density at radius 3 is 0.500 bits per heavy atom. The van der Waals surface area contributed by atoms with Gasteiger partial charge in [-0.25, -0.2) is 0 Å². The largest absolute Gasteiger partial charge is 0.316 e. The Morgan fingerprint density at radius 1 is 0.500 bits per heavy atom. The van der Waals surface area contributed by atoms with Gasteiger partial charge >= 0.3 is 136 Å². The zero-order valence-corrected chi connectivity index (χ0v) is 1.00. The second-order valence-electron chi connectivity index (χ2n) is 0. The Kier molecular flexibility index (Phi) is 267. The Labute approximate surface area is 143 Å². The molecule has 0 aromatic carbocycles. The third kappa shape index (κ3) is 23.7. The molecule has 0 radical (unpaired) electrons. The van der Waals surface area contributed by atoms with Gasteiger partial charge in [0.25, 0.3) is 0 Å². The molecule has 0 saturated carbocycles. The zero-order valence-electron chi connectivity index (χ0n) is 1.00. The summed E-state index contributed by atoms with van der Waals surface area (Å²) in [5.74, 6) is 0. The Bertz CT molecular complexity index is 8.75. The van der Waals surface area contributed by atoms with Gasteiger partial charge in [-0.15, -0.1) is 0 Å².